The van der Waals surface area contributed by atoms with E-state index in [1.165, 1.54) is 7.11 Å². The van der Waals surface area contributed by atoms with Gasteiger partial charge in [-0.25, -0.2) is 9.59 Å². The summed E-state index contributed by atoms with van der Waals surface area (Å²) in [5.74, 6) is 2.52. The van der Waals surface area contributed by atoms with Gasteiger partial charge in [0.05, 0.1) is 7.11 Å². The van der Waals surface area contributed by atoms with Crippen LogP contribution in [0.3, 0.4) is 0 Å². The van der Waals surface area contributed by atoms with E-state index in [2.05, 4.69) is 26.6 Å². The smallest absolute Gasteiger partial charge is 0.411 e. The zero-order valence-electron chi connectivity index (χ0n) is 12.1. The molecular weight excluding hydrogens is 270 g/mol. The van der Waals surface area contributed by atoms with Gasteiger partial charge in [0.2, 0.25) is 0 Å². The Kier molecular flexibility index (Phi) is 6.61. The SMILES string of the molecule is C#CC[C@H](CC)NC(=O)Nc1ccc(NC(=O)OC)cc1. The van der Waals surface area contributed by atoms with Crippen LogP contribution in [-0.2, 0) is 4.74 Å². The molecule has 1 aromatic rings. The summed E-state index contributed by atoms with van der Waals surface area (Å²) in [6, 6.07) is 6.30. The van der Waals surface area contributed by atoms with Crippen LogP contribution in [0.5, 0.6) is 0 Å². The zero-order valence-corrected chi connectivity index (χ0v) is 12.1. The average molecular weight is 289 g/mol. The minimum atomic E-state index is -0.548. The molecule has 0 bridgehead atoms. The highest BCUT2D eigenvalue weighted by atomic mass is 16.5. The lowest BCUT2D eigenvalue weighted by Crippen LogP contribution is -2.37. The predicted molar refractivity (Wildman–Crippen MR) is 82.2 cm³/mol. The molecule has 0 radical (unpaired) electrons. The van der Waals surface area contributed by atoms with Crippen molar-refractivity contribution in [3.63, 3.8) is 0 Å². The molecule has 1 rings (SSSR count). The van der Waals surface area contributed by atoms with Gasteiger partial charge in [-0.1, -0.05) is 6.92 Å². The van der Waals surface area contributed by atoms with Crippen molar-refractivity contribution in [3.05, 3.63) is 24.3 Å². The van der Waals surface area contributed by atoms with Gasteiger partial charge in [-0.15, -0.1) is 12.3 Å². The van der Waals surface area contributed by atoms with Crippen molar-refractivity contribution in [1.29, 1.82) is 0 Å². The van der Waals surface area contributed by atoms with Crippen LogP contribution in [0, 0.1) is 12.3 Å². The second-order valence-electron chi connectivity index (χ2n) is 4.31. The van der Waals surface area contributed by atoms with Crippen molar-refractivity contribution in [2.45, 2.75) is 25.8 Å². The first-order chi connectivity index (χ1) is 10.1. The van der Waals surface area contributed by atoms with Crippen molar-refractivity contribution in [2.75, 3.05) is 17.7 Å². The van der Waals surface area contributed by atoms with Gasteiger partial charge < -0.3 is 15.4 Å². The lowest BCUT2D eigenvalue weighted by Gasteiger charge is -2.15. The Morgan fingerprint density at radius 3 is 2.29 bits per heavy atom. The van der Waals surface area contributed by atoms with Crippen molar-refractivity contribution in [3.8, 4) is 12.3 Å². The van der Waals surface area contributed by atoms with Crippen LogP contribution >= 0.6 is 0 Å². The summed E-state index contributed by atoms with van der Waals surface area (Å²) in [5, 5.41) is 8.01. The second kappa shape index (κ2) is 8.48. The van der Waals surface area contributed by atoms with Gasteiger partial charge in [-0.05, 0) is 30.7 Å². The normalized spacial score (nSPS) is 10.9. The summed E-state index contributed by atoms with van der Waals surface area (Å²) in [5.41, 5.74) is 1.19. The third kappa shape index (κ3) is 5.87. The van der Waals surface area contributed by atoms with Crippen molar-refractivity contribution >= 4 is 23.5 Å². The fourth-order valence-corrected chi connectivity index (χ4v) is 1.60. The first kappa shape index (κ1) is 16.4. The van der Waals surface area contributed by atoms with Gasteiger partial charge in [0.1, 0.15) is 0 Å². The second-order valence-corrected chi connectivity index (χ2v) is 4.31. The van der Waals surface area contributed by atoms with E-state index < -0.39 is 6.09 Å². The van der Waals surface area contributed by atoms with Crippen LogP contribution in [0.15, 0.2) is 24.3 Å². The number of benzene rings is 1. The van der Waals surface area contributed by atoms with E-state index in [0.717, 1.165) is 6.42 Å². The maximum atomic E-state index is 11.8. The van der Waals surface area contributed by atoms with E-state index in [-0.39, 0.29) is 12.1 Å². The molecule has 0 aromatic heterocycles. The van der Waals surface area contributed by atoms with Gasteiger partial charge in [-0.2, -0.15) is 0 Å². The monoisotopic (exact) mass is 289 g/mol. The summed E-state index contributed by atoms with van der Waals surface area (Å²) < 4.78 is 4.48. The Balaban J connectivity index is 2.53. The summed E-state index contributed by atoms with van der Waals surface area (Å²) in [6.07, 6.45) is 5.94. The molecule has 1 atom stereocenters. The lowest BCUT2D eigenvalue weighted by molar-refractivity contribution is 0.187. The standard InChI is InChI=1S/C15H19N3O3/c1-4-6-11(5-2)16-14(19)17-12-7-9-13(10-8-12)18-15(20)21-3/h1,7-11H,5-6H2,2-3H3,(H,18,20)(H2,16,17,19)/t11-/m0/s1. The predicted octanol–water partition coefficient (Wildman–Crippen LogP) is 2.79. The van der Waals surface area contributed by atoms with Crippen LogP contribution in [-0.4, -0.2) is 25.3 Å². The molecule has 21 heavy (non-hydrogen) atoms. The molecule has 112 valence electrons. The number of carbonyl (C=O) groups is 2. The number of nitrogens with one attached hydrogen (secondary N) is 3. The molecule has 1 aromatic carbocycles. The molecule has 0 fully saturated rings. The Morgan fingerprint density at radius 2 is 1.81 bits per heavy atom. The number of ether oxygens (including phenoxy) is 1. The number of methoxy groups -OCH3 is 1. The number of hydrogen-bond acceptors (Lipinski definition) is 3. The maximum Gasteiger partial charge on any atom is 0.411 e. The number of carbonyl (C=O) groups excluding carboxylic acids is 2. The summed E-state index contributed by atoms with van der Waals surface area (Å²) in [4.78, 5) is 22.8. The quantitative estimate of drug-likeness (QED) is 0.729. The first-order valence-corrected chi connectivity index (χ1v) is 6.55. The Hall–Kier alpha value is -2.68. The number of hydrogen-bond donors (Lipinski definition) is 3. The number of amides is 3. The number of rotatable bonds is 5. The molecule has 6 nitrogen and oxygen atoms in total. The average Bonchev–Trinajstić information content (AvgIpc) is 2.48. The Morgan fingerprint density at radius 1 is 1.24 bits per heavy atom. The summed E-state index contributed by atoms with van der Waals surface area (Å²) in [6.45, 7) is 1.95. The largest absolute Gasteiger partial charge is 0.453 e. The van der Waals surface area contributed by atoms with Crippen LogP contribution in [0.25, 0.3) is 0 Å². The molecule has 0 aliphatic heterocycles. The number of anilines is 2. The van der Waals surface area contributed by atoms with E-state index in [1.807, 2.05) is 6.92 Å². The Labute approximate surface area is 124 Å². The molecule has 0 saturated carbocycles. The minimum Gasteiger partial charge on any atom is -0.453 e. The molecule has 0 aliphatic rings. The highest BCUT2D eigenvalue weighted by molar-refractivity contribution is 5.90. The molecule has 0 saturated heterocycles. The van der Waals surface area contributed by atoms with E-state index in [0.29, 0.717) is 17.8 Å². The highest BCUT2D eigenvalue weighted by Crippen LogP contribution is 2.13. The highest BCUT2D eigenvalue weighted by Gasteiger charge is 2.09. The topological polar surface area (TPSA) is 79.5 Å². The van der Waals surface area contributed by atoms with Gasteiger partial charge in [0, 0.05) is 23.8 Å². The Bertz CT molecular complexity index is 520. The van der Waals surface area contributed by atoms with Crippen LogP contribution in [0.2, 0.25) is 0 Å². The molecular formula is C15H19N3O3. The van der Waals surface area contributed by atoms with Crippen LogP contribution in [0.1, 0.15) is 19.8 Å². The van der Waals surface area contributed by atoms with Crippen molar-refractivity contribution in [1.82, 2.24) is 5.32 Å². The summed E-state index contributed by atoms with van der Waals surface area (Å²) >= 11 is 0. The lowest BCUT2D eigenvalue weighted by atomic mass is 10.1. The van der Waals surface area contributed by atoms with Crippen molar-refractivity contribution in [2.24, 2.45) is 0 Å². The number of urea groups is 1. The molecule has 3 N–H and O–H groups in total. The number of terminal acetylenes is 1. The molecule has 0 unspecified atom stereocenters. The molecule has 0 spiro atoms. The van der Waals surface area contributed by atoms with Gasteiger partial charge in [0.15, 0.2) is 0 Å². The van der Waals surface area contributed by atoms with E-state index in [4.69, 9.17) is 6.42 Å². The van der Waals surface area contributed by atoms with Gasteiger partial charge in [0.25, 0.3) is 0 Å². The van der Waals surface area contributed by atoms with Crippen LogP contribution in [0.4, 0.5) is 21.0 Å². The van der Waals surface area contributed by atoms with E-state index in [9.17, 15) is 9.59 Å². The molecule has 3 amide bonds. The van der Waals surface area contributed by atoms with Crippen molar-refractivity contribution < 1.29 is 14.3 Å². The first-order valence-electron chi connectivity index (χ1n) is 6.55. The zero-order chi connectivity index (χ0) is 15.7. The fourth-order valence-electron chi connectivity index (χ4n) is 1.60. The molecule has 6 heteroatoms. The van der Waals surface area contributed by atoms with Crippen LogP contribution < -0.4 is 16.0 Å². The summed E-state index contributed by atoms with van der Waals surface area (Å²) in [7, 11) is 1.29. The molecule has 0 aliphatic carbocycles. The van der Waals surface area contributed by atoms with E-state index in [1.54, 1.807) is 24.3 Å². The third-order valence-corrected chi connectivity index (χ3v) is 2.77. The van der Waals surface area contributed by atoms with Gasteiger partial charge >= 0.3 is 12.1 Å². The molecule has 0 heterocycles. The van der Waals surface area contributed by atoms with Gasteiger partial charge in [-0.3, -0.25) is 5.32 Å². The fraction of sp³-hybridized carbons (Fsp3) is 0.333. The van der Waals surface area contributed by atoms with E-state index >= 15 is 0 Å². The minimum absolute atomic E-state index is 0.0461. The maximum absolute atomic E-state index is 11.8. The third-order valence-electron chi connectivity index (χ3n) is 2.77.